The third kappa shape index (κ3) is 2.50. The molecule has 0 aliphatic carbocycles. The van der Waals surface area contributed by atoms with Crippen LogP contribution in [0.1, 0.15) is 10.5 Å². The van der Waals surface area contributed by atoms with Gasteiger partial charge in [-0.2, -0.15) is 0 Å². The van der Waals surface area contributed by atoms with E-state index in [1.165, 1.54) is 11.3 Å². The molecular weight excluding hydrogens is 326 g/mol. The van der Waals surface area contributed by atoms with Crippen LogP contribution >= 0.6 is 27.3 Å². The molecule has 1 aromatic carbocycles. The molecule has 0 saturated heterocycles. The molecule has 0 saturated carbocycles. The quantitative estimate of drug-likeness (QED) is 0.777. The molecule has 0 fully saturated rings. The van der Waals surface area contributed by atoms with Crippen LogP contribution in [0.3, 0.4) is 0 Å². The lowest BCUT2D eigenvalue weighted by Crippen LogP contribution is -2.12. The summed E-state index contributed by atoms with van der Waals surface area (Å²) in [5.41, 5.74) is 3.49. The minimum absolute atomic E-state index is 0.224. The van der Waals surface area contributed by atoms with Crippen molar-refractivity contribution in [3.05, 3.63) is 51.5 Å². The van der Waals surface area contributed by atoms with Gasteiger partial charge in [0.2, 0.25) is 0 Å². The number of fused-ring (bicyclic) bond motifs is 1. The van der Waals surface area contributed by atoms with Crippen LogP contribution < -0.4 is 5.32 Å². The Morgan fingerprint density at radius 3 is 3.00 bits per heavy atom. The summed E-state index contributed by atoms with van der Waals surface area (Å²) in [4.78, 5) is 20.3. The van der Waals surface area contributed by atoms with Crippen LogP contribution in [-0.2, 0) is 0 Å². The average Bonchev–Trinajstić information content (AvgIpc) is 2.92. The van der Waals surface area contributed by atoms with Gasteiger partial charge in [-0.25, -0.2) is 4.98 Å². The number of aromatic nitrogens is 2. The number of nitrogens with one attached hydrogen (secondary N) is 1. The topological polar surface area (TPSA) is 54.9 Å². The van der Waals surface area contributed by atoms with E-state index in [0.717, 1.165) is 15.4 Å². The molecular formula is C13H8BrN3OS. The Kier molecular flexibility index (Phi) is 3.27. The molecule has 2 aromatic heterocycles. The molecule has 1 amide bonds. The Hall–Kier alpha value is -1.79. The SMILES string of the molecule is O=C(Nc1cccc2cc(Br)cnc12)c1cscn1. The highest BCUT2D eigenvalue weighted by Crippen LogP contribution is 2.24. The molecule has 0 radical (unpaired) electrons. The fraction of sp³-hybridized carbons (Fsp3) is 0. The maximum Gasteiger partial charge on any atom is 0.275 e. The molecule has 3 aromatic rings. The minimum atomic E-state index is -0.224. The van der Waals surface area contributed by atoms with Gasteiger partial charge in [-0.05, 0) is 28.1 Å². The fourth-order valence-corrected chi connectivity index (χ4v) is 2.63. The first-order valence-corrected chi connectivity index (χ1v) is 7.21. The van der Waals surface area contributed by atoms with E-state index in [1.54, 1.807) is 17.1 Å². The van der Waals surface area contributed by atoms with Crippen LogP contribution in [0.15, 0.2) is 45.8 Å². The molecule has 4 nitrogen and oxygen atoms in total. The molecule has 19 heavy (non-hydrogen) atoms. The largest absolute Gasteiger partial charge is 0.319 e. The standard InChI is InChI=1S/C13H8BrN3OS/c14-9-4-8-2-1-3-10(12(8)15-5-9)17-13(18)11-6-19-7-16-11/h1-7H,(H,17,18). The molecule has 0 spiro atoms. The van der Waals surface area contributed by atoms with Crippen molar-refractivity contribution in [3.63, 3.8) is 0 Å². The molecule has 6 heteroatoms. The number of carbonyl (C=O) groups is 1. The van der Waals surface area contributed by atoms with Crippen molar-refractivity contribution in [1.82, 2.24) is 9.97 Å². The van der Waals surface area contributed by atoms with Crippen LogP contribution in [0.2, 0.25) is 0 Å². The first kappa shape index (κ1) is 12.3. The molecule has 0 unspecified atom stereocenters. The summed E-state index contributed by atoms with van der Waals surface area (Å²) < 4.78 is 0.906. The second-order valence-electron chi connectivity index (χ2n) is 3.86. The van der Waals surface area contributed by atoms with E-state index < -0.39 is 0 Å². The Bertz CT molecular complexity index is 743. The Morgan fingerprint density at radius 2 is 2.21 bits per heavy atom. The number of benzene rings is 1. The van der Waals surface area contributed by atoms with Crippen LogP contribution in [0.4, 0.5) is 5.69 Å². The van der Waals surface area contributed by atoms with Gasteiger partial charge in [-0.1, -0.05) is 12.1 Å². The summed E-state index contributed by atoms with van der Waals surface area (Å²) in [6.07, 6.45) is 1.71. The minimum Gasteiger partial charge on any atom is -0.319 e. The predicted octanol–water partition coefficient (Wildman–Crippen LogP) is 3.71. The first-order chi connectivity index (χ1) is 9.24. The van der Waals surface area contributed by atoms with Crippen molar-refractivity contribution in [1.29, 1.82) is 0 Å². The fourth-order valence-electron chi connectivity index (χ4n) is 1.75. The normalized spacial score (nSPS) is 10.6. The highest BCUT2D eigenvalue weighted by molar-refractivity contribution is 9.10. The van der Waals surface area contributed by atoms with Crippen LogP contribution in [0.25, 0.3) is 10.9 Å². The third-order valence-electron chi connectivity index (χ3n) is 2.59. The zero-order valence-electron chi connectivity index (χ0n) is 9.63. The molecule has 0 bridgehead atoms. The molecule has 0 aliphatic rings. The van der Waals surface area contributed by atoms with Crippen LogP contribution in [-0.4, -0.2) is 15.9 Å². The maximum absolute atomic E-state index is 12.0. The molecule has 3 rings (SSSR count). The number of nitrogens with zero attached hydrogens (tertiary/aromatic N) is 2. The van der Waals surface area contributed by atoms with Crippen molar-refractivity contribution in [2.75, 3.05) is 5.32 Å². The second-order valence-corrected chi connectivity index (χ2v) is 5.49. The van der Waals surface area contributed by atoms with E-state index >= 15 is 0 Å². The van der Waals surface area contributed by atoms with E-state index in [0.29, 0.717) is 11.4 Å². The maximum atomic E-state index is 12.0. The summed E-state index contributed by atoms with van der Waals surface area (Å²) in [5.74, 6) is -0.224. The van der Waals surface area contributed by atoms with E-state index in [9.17, 15) is 4.79 Å². The van der Waals surface area contributed by atoms with Crippen LogP contribution in [0, 0.1) is 0 Å². The van der Waals surface area contributed by atoms with E-state index in [1.807, 2.05) is 24.3 Å². The molecule has 2 heterocycles. The predicted molar refractivity (Wildman–Crippen MR) is 79.5 cm³/mol. The van der Waals surface area contributed by atoms with E-state index in [2.05, 4.69) is 31.2 Å². The van der Waals surface area contributed by atoms with Crippen molar-refractivity contribution >= 4 is 49.8 Å². The number of hydrogen-bond donors (Lipinski definition) is 1. The zero-order valence-corrected chi connectivity index (χ0v) is 12.0. The van der Waals surface area contributed by atoms with Gasteiger partial charge < -0.3 is 5.32 Å². The Labute approximate surface area is 121 Å². The number of carbonyl (C=O) groups excluding carboxylic acids is 1. The van der Waals surface area contributed by atoms with Gasteiger partial charge in [-0.15, -0.1) is 11.3 Å². The van der Waals surface area contributed by atoms with Gasteiger partial charge in [0.1, 0.15) is 5.69 Å². The summed E-state index contributed by atoms with van der Waals surface area (Å²) in [6.45, 7) is 0. The number of hydrogen-bond acceptors (Lipinski definition) is 4. The van der Waals surface area contributed by atoms with E-state index in [-0.39, 0.29) is 5.91 Å². The van der Waals surface area contributed by atoms with E-state index in [4.69, 9.17) is 0 Å². The summed E-state index contributed by atoms with van der Waals surface area (Å²) in [5, 5.41) is 5.51. The molecule has 0 aliphatic heterocycles. The number of pyridine rings is 1. The summed E-state index contributed by atoms with van der Waals surface area (Å²) >= 11 is 4.77. The van der Waals surface area contributed by atoms with Crippen molar-refractivity contribution < 1.29 is 4.79 Å². The number of rotatable bonds is 2. The van der Waals surface area contributed by atoms with Gasteiger partial charge in [-0.3, -0.25) is 9.78 Å². The first-order valence-electron chi connectivity index (χ1n) is 5.48. The monoisotopic (exact) mass is 333 g/mol. The van der Waals surface area contributed by atoms with Gasteiger partial charge in [0.25, 0.3) is 5.91 Å². The van der Waals surface area contributed by atoms with Gasteiger partial charge in [0.15, 0.2) is 0 Å². The van der Waals surface area contributed by atoms with Gasteiger partial charge >= 0.3 is 0 Å². The highest BCUT2D eigenvalue weighted by Gasteiger charge is 2.10. The number of para-hydroxylation sites is 1. The summed E-state index contributed by atoms with van der Waals surface area (Å²) in [7, 11) is 0. The van der Waals surface area contributed by atoms with Gasteiger partial charge in [0.05, 0.1) is 16.7 Å². The number of halogens is 1. The lowest BCUT2D eigenvalue weighted by molar-refractivity contribution is 0.102. The Morgan fingerprint density at radius 1 is 1.32 bits per heavy atom. The average molecular weight is 334 g/mol. The lowest BCUT2D eigenvalue weighted by Gasteiger charge is -2.07. The van der Waals surface area contributed by atoms with Crippen LogP contribution in [0.5, 0.6) is 0 Å². The smallest absolute Gasteiger partial charge is 0.275 e. The van der Waals surface area contributed by atoms with Crippen molar-refractivity contribution in [2.24, 2.45) is 0 Å². The summed E-state index contributed by atoms with van der Waals surface area (Å²) in [6, 6.07) is 7.62. The zero-order chi connectivity index (χ0) is 13.2. The van der Waals surface area contributed by atoms with Crippen molar-refractivity contribution in [3.8, 4) is 0 Å². The van der Waals surface area contributed by atoms with Crippen molar-refractivity contribution in [2.45, 2.75) is 0 Å². The van der Waals surface area contributed by atoms with Gasteiger partial charge in [0, 0.05) is 21.4 Å². The Balaban J connectivity index is 1.99. The number of amides is 1. The second kappa shape index (κ2) is 5.07. The third-order valence-corrected chi connectivity index (χ3v) is 3.61. The lowest BCUT2D eigenvalue weighted by atomic mass is 10.2. The number of anilines is 1. The number of thiazole rings is 1. The highest BCUT2D eigenvalue weighted by atomic mass is 79.9. The molecule has 0 atom stereocenters. The molecule has 94 valence electrons. The molecule has 1 N–H and O–H groups in total.